The molecule has 0 aromatic heterocycles. The molecule has 1 aromatic carbocycles. The smallest absolute Gasteiger partial charge is 0.379 e. The zero-order valence-electron chi connectivity index (χ0n) is 9.07. The standard InChI is InChI=1S/C11H9F3N2OS/c12-11(13,14)7-4-2-1-3-6(7)9(17)8-5-18-10(15)16-8/h1-4,8H,5H2,(H2,15,16). The van der Waals surface area contributed by atoms with Gasteiger partial charge in [0.2, 0.25) is 0 Å². The molecule has 0 saturated carbocycles. The summed E-state index contributed by atoms with van der Waals surface area (Å²) in [6.45, 7) is 0. The Kier molecular flexibility index (Phi) is 3.34. The zero-order chi connectivity index (χ0) is 13.3. The van der Waals surface area contributed by atoms with E-state index in [0.29, 0.717) is 0 Å². The Bertz CT molecular complexity index is 513. The molecule has 2 N–H and O–H groups in total. The third kappa shape index (κ3) is 2.50. The van der Waals surface area contributed by atoms with Gasteiger partial charge in [-0.1, -0.05) is 30.0 Å². The summed E-state index contributed by atoms with van der Waals surface area (Å²) in [6.07, 6.45) is -4.55. The first kappa shape index (κ1) is 12.9. The van der Waals surface area contributed by atoms with E-state index in [1.807, 2.05) is 0 Å². The predicted molar refractivity (Wildman–Crippen MR) is 63.6 cm³/mol. The maximum Gasteiger partial charge on any atom is 0.417 e. The average molecular weight is 274 g/mol. The van der Waals surface area contributed by atoms with Crippen LogP contribution in [0.25, 0.3) is 0 Å². The van der Waals surface area contributed by atoms with Crippen molar-refractivity contribution in [2.45, 2.75) is 12.2 Å². The van der Waals surface area contributed by atoms with Crippen LogP contribution in [0, 0.1) is 0 Å². The molecule has 1 aromatic rings. The number of alkyl halides is 3. The number of carbonyl (C=O) groups excluding carboxylic acids is 1. The molecule has 0 spiro atoms. The second-order valence-corrected chi connectivity index (χ2v) is 4.74. The normalized spacial score (nSPS) is 19.7. The SMILES string of the molecule is NC1=NC(C(=O)c2ccccc2C(F)(F)F)CS1. The van der Waals surface area contributed by atoms with Crippen molar-refractivity contribution in [2.24, 2.45) is 10.7 Å². The van der Waals surface area contributed by atoms with E-state index in [1.54, 1.807) is 0 Å². The van der Waals surface area contributed by atoms with Gasteiger partial charge in [-0.25, -0.2) is 0 Å². The Balaban J connectivity index is 2.37. The molecule has 1 heterocycles. The maximum atomic E-state index is 12.8. The lowest BCUT2D eigenvalue weighted by atomic mass is 9.99. The van der Waals surface area contributed by atoms with E-state index in [1.165, 1.54) is 30.0 Å². The van der Waals surface area contributed by atoms with Gasteiger partial charge in [-0.3, -0.25) is 9.79 Å². The van der Waals surface area contributed by atoms with Gasteiger partial charge < -0.3 is 5.73 Å². The van der Waals surface area contributed by atoms with E-state index in [0.717, 1.165) is 6.07 Å². The van der Waals surface area contributed by atoms with Crippen LogP contribution in [0.5, 0.6) is 0 Å². The van der Waals surface area contributed by atoms with Crippen LogP contribution in [0.1, 0.15) is 15.9 Å². The van der Waals surface area contributed by atoms with Crippen LogP contribution in [-0.2, 0) is 6.18 Å². The molecule has 2 rings (SSSR count). The molecule has 1 aliphatic rings. The predicted octanol–water partition coefficient (Wildman–Crippen LogP) is 2.32. The summed E-state index contributed by atoms with van der Waals surface area (Å²) in [5.74, 6) is -0.354. The molecule has 0 radical (unpaired) electrons. The van der Waals surface area contributed by atoms with Crippen LogP contribution in [0.3, 0.4) is 0 Å². The van der Waals surface area contributed by atoms with Crippen molar-refractivity contribution >= 4 is 22.7 Å². The first-order valence-electron chi connectivity index (χ1n) is 5.06. The fourth-order valence-electron chi connectivity index (χ4n) is 1.65. The van der Waals surface area contributed by atoms with Gasteiger partial charge in [0.05, 0.1) is 5.56 Å². The third-order valence-electron chi connectivity index (χ3n) is 2.47. The molecular weight excluding hydrogens is 265 g/mol. The van der Waals surface area contributed by atoms with E-state index >= 15 is 0 Å². The number of Topliss-reactive ketones (excluding diaryl/α,β-unsaturated/α-hetero) is 1. The second kappa shape index (κ2) is 4.64. The summed E-state index contributed by atoms with van der Waals surface area (Å²) < 4.78 is 38.3. The molecule has 0 aliphatic carbocycles. The average Bonchev–Trinajstić information content (AvgIpc) is 2.74. The quantitative estimate of drug-likeness (QED) is 0.842. The van der Waals surface area contributed by atoms with Gasteiger partial charge >= 0.3 is 6.18 Å². The molecule has 1 aliphatic heterocycles. The number of hydrogen-bond acceptors (Lipinski definition) is 4. The molecule has 7 heteroatoms. The van der Waals surface area contributed by atoms with E-state index in [-0.39, 0.29) is 16.5 Å². The van der Waals surface area contributed by atoms with Crippen LogP contribution < -0.4 is 5.73 Å². The monoisotopic (exact) mass is 274 g/mol. The van der Waals surface area contributed by atoms with Crippen LogP contribution >= 0.6 is 11.8 Å². The van der Waals surface area contributed by atoms with Gasteiger partial charge in [-0.2, -0.15) is 13.2 Å². The van der Waals surface area contributed by atoms with Crippen LogP contribution in [-0.4, -0.2) is 22.7 Å². The van der Waals surface area contributed by atoms with Gasteiger partial charge in [0.25, 0.3) is 0 Å². The number of ketones is 1. The Morgan fingerprint density at radius 3 is 2.61 bits per heavy atom. The fraction of sp³-hybridized carbons (Fsp3) is 0.273. The molecule has 3 nitrogen and oxygen atoms in total. The highest BCUT2D eigenvalue weighted by molar-refractivity contribution is 8.14. The topological polar surface area (TPSA) is 55.4 Å². The van der Waals surface area contributed by atoms with Gasteiger partial charge in [0, 0.05) is 11.3 Å². The Morgan fingerprint density at radius 2 is 2.06 bits per heavy atom. The minimum atomic E-state index is -4.55. The summed E-state index contributed by atoms with van der Waals surface area (Å²) in [5.41, 5.74) is 4.12. The van der Waals surface area contributed by atoms with Crippen molar-refractivity contribution in [1.82, 2.24) is 0 Å². The number of benzene rings is 1. The number of amidine groups is 1. The minimum absolute atomic E-state index is 0.234. The third-order valence-corrected chi connectivity index (χ3v) is 3.36. The van der Waals surface area contributed by atoms with Gasteiger partial charge in [-0.05, 0) is 6.07 Å². The Hall–Kier alpha value is -1.50. The van der Waals surface area contributed by atoms with Crippen molar-refractivity contribution in [3.63, 3.8) is 0 Å². The largest absolute Gasteiger partial charge is 0.417 e. The molecule has 0 saturated heterocycles. The number of hydrogen-bond donors (Lipinski definition) is 1. The minimum Gasteiger partial charge on any atom is -0.379 e. The summed E-state index contributed by atoms with van der Waals surface area (Å²) in [6, 6.07) is 3.89. The summed E-state index contributed by atoms with van der Waals surface area (Å²) in [4.78, 5) is 15.8. The molecule has 18 heavy (non-hydrogen) atoms. The first-order valence-corrected chi connectivity index (χ1v) is 6.04. The molecule has 1 atom stereocenters. The number of halogens is 3. The lowest BCUT2D eigenvalue weighted by molar-refractivity contribution is -0.137. The lowest BCUT2D eigenvalue weighted by Gasteiger charge is -2.13. The zero-order valence-corrected chi connectivity index (χ0v) is 9.89. The highest BCUT2D eigenvalue weighted by atomic mass is 32.2. The number of thioether (sulfide) groups is 1. The number of rotatable bonds is 2. The number of aliphatic imine (C=N–C) groups is 1. The molecule has 0 amide bonds. The van der Waals surface area contributed by atoms with E-state index < -0.39 is 23.6 Å². The highest BCUT2D eigenvalue weighted by Gasteiger charge is 2.37. The summed E-state index contributed by atoms with van der Waals surface area (Å²) >= 11 is 1.17. The van der Waals surface area contributed by atoms with Gasteiger partial charge in [0.15, 0.2) is 11.0 Å². The molecule has 96 valence electrons. The lowest BCUT2D eigenvalue weighted by Crippen LogP contribution is -2.23. The first-order chi connectivity index (χ1) is 8.39. The van der Waals surface area contributed by atoms with Crippen molar-refractivity contribution in [1.29, 1.82) is 0 Å². The fourth-order valence-corrected chi connectivity index (χ4v) is 2.41. The number of carbonyl (C=O) groups is 1. The molecular formula is C11H9F3N2OS. The van der Waals surface area contributed by atoms with E-state index in [9.17, 15) is 18.0 Å². The Labute approximate surface area is 105 Å². The van der Waals surface area contributed by atoms with Crippen LogP contribution in [0.2, 0.25) is 0 Å². The summed E-state index contributed by atoms with van der Waals surface area (Å²) in [5, 5.41) is 0.234. The molecule has 0 bridgehead atoms. The van der Waals surface area contributed by atoms with Crippen molar-refractivity contribution in [3.05, 3.63) is 35.4 Å². The summed E-state index contributed by atoms with van der Waals surface area (Å²) in [7, 11) is 0. The number of nitrogens with zero attached hydrogens (tertiary/aromatic N) is 1. The molecule has 0 fully saturated rings. The molecule has 1 unspecified atom stereocenters. The van der Waals surface area contributed by atoms with Gasteiger partial charge in [0.1, 0.15) is 6.04 Å². The maximum absolute atomic E-state index is 12.8. The highest BCUT2D eigenvalue weighted by Crippen LogP contribution is 2.33. The Morgan fingerprint density at radius 1 is 1.39 bits per heavy atom. The second-order valence-electron chi connectivity index (χ2n) is 3.70. The van der Waals surface area contributed by atoms with Crippen molar-refractivity contribution < 1.29 is 18.0 Å². The van der Waals surface area contributed by atoms with E-state index in [4.69, 9.17) is 5.73 Å². The van der Waals surface area contributed by atoms with Gasteiger partial charge in [-0.15, -0.1) is 0 Å². The number of nitrogens with two attached hydrogens (primary N) is 1. The van der Waals surface area contributed by atoms with Crippen molar-refractivity contribution in [3.8, 4) is 0 Å². The van der Waals surface area contributed by atoms with Crippen LogP contribution in [0.15, 0.2) is 29.3 Å². The van der Waals surface area contributed by atoms with E-state index in [2.05, 4.69) is 4.99 Å². The van der Waals surface area contributed by atoms with Crippen LogP contribution in [0.4, 0.5) is 13.2 Å². The van der Waals surface area contributed by atoms with Crippen molar-refractivity contribution in [2.75, 3.05) is 5.75 Å².